The number of aliphatic hydroxyl groups is 1. The van der Waals surface area contributed by atoms with Gasteiger partial charge in [-0.05, 0) is 36.4 Å². The molecule has 2 heterocycles. The number of aromatic nitrogens is 3. The minimum Gasteiger partial charge on any atom is -0.437 e. The van der Waals surface area contributed by atoms with Gasteiger partial charge in [0.05, 0.1) is 6.61 Å². The minimum absolute atomic E-state index is 0.220. The Bertz CT molecular complexity index is 733. The standard InChI is InChI=1S/C16H14N4O2/c21-11-14-16(19-10-9-17-14)22-13-6-4-12(5-7-13)20-15-3-1-2-8-18-15/h1-10,21H,11H2,(H,18,20). The molecule has 22 heavy (non-hydrogen) atoms. The predicted molar refractivity (Wildman–Crippen MR) is 82.0 cm³/mol. The number of rotatable bonds is 5. The van der Waals surface area contributed by atoms with E-state index in [1.165, 1.54) is 12.4 Å². The Morgan fingerprint density at radius 1 is 0.909 bits per heavy atom. The second-order valence-electron chi connectivity index (χ2n) is 4.43. The first-order chi connectivity index (χ1) is 10.8. The Morgan fingerprint density at radius 2 is 1.73 bits per heavy atom. The van der Waals surface area contributed by atoms with E-state index in [0.29, 0.717) is 17.3 Å². The molecule has 0 spiro atoms. The fraction of sp³-hybridized carbons (Fsp3) is 0.0625. The Balaban J connectivity index is 1.72. The molecule has 2 N–H and O–H groups in total. The lowest BCUT2D eigenvalue weighted by Gasteiger charge is -2.09. The smallest absolute Gasteiger partial charge is 0.243 e. The van der Waals surface area contributed by atoms with Crippen LogP contribution in [-0.4, -0.2) is 20.1 Å². The third kappa shape index (κ3) is 3.36. The maximum Gasteiger partial charge on any atom is 0.243 e. The van der Waals surface area contributed by atoms with Gasteiger partial charge >= 0.3 is 0 Å². The van der Waals surface area contributed by atoms with E-state index in [1.807, 2.05) is 30.3 Å². The molecule has 6 heteroatoms. The van der Waals surface area contributed by atoms with Crippen molar-refractivity contribution in [3.05, 3.63) is 66.7 Å². The van der Waals surface area contributed by atoms with Crippen molar-refractivity contribution in [3.63, 3.8) is 0 Å². The normalized spacial score (nSPS) is 10.2. The minimum atomic E-state index is -0.220. The molecule has 0 atom stereocenters. The van der Waals surface area contributed by atoms with E-state index in [1.54, 1.807) is 18.3 Å². The molecule has 0 saturated carbocycles. The van der Waals surface area contributed by atoms with Crippen molar-refractivity contribution in [1.29, 1.82) is 0 Å². The maximum atomic E-state index is 9.21. The summed E-state index contributed by atoms with van der Waals surface area (Å²) >= 11 is 0. The summed E-state index contributed by atoms with van der Waals surface area (Å²) in [6, 6.07) is 13.0. The average Bonchev–Trinajstić information content (AvgIpc) is 2.58. The van der Waals surface area contributed by atoms with E-state index in [9.17, 15) is 5.11 Å². The Hall–Kier alpha value is -2.99. The molecule has 2 aromatic heterocycles. The van der Waals surface area contributed by atoms with Gasteiger partial charge in [0.15, 0.2) is 0 Å². The van der Waals surface area contributed by atoms with Crippen LogP contribution in [0.2, 0.25) is 0 Å². The van der Waals surface area contributed by atoms with Gasteiger partial charge in [0, 0.05) is 24.3 Å². The maximum absolute atomic E-state index is 9.21. The topological polar surface area (TPSA) is 80.2 Å². The van der Waals surface area contributed by atoms with Gasteiger partial charge in [-0.2, -0.15) is 0 Å². The Kier molecular flexibility index (Phi) is 4.22. The lowest BCUT2D eigenvalue weighted by Crippen LogP contribution is -1.97. The lowest BCUT2D eigenvalue weighted by atomic mass is 10.3. The number of nitrogens with one attached hydrogen (secondary N) is 1. The van der Waals surface area contributed by atoms with Crippen LogP contribution in [0.3, 0.4) is 0 Å². The van der Waals surface area contributed by atoms with E-state index >= 15 is 0 Å². The Labute approximate surface area is 127 Å². The fourth-order valence-electron chi connectivity index (χ4n) is 1.85. The highest BCUT2D eigenvalue weighted by molar-refractivity contribution is 5.56. The van der Waals surface area contributed by atoms with Crippen LogP contribution < -0.4 is 10.1 Å². The van der Waals surface area contributed by atoms with Crippen LogP contribution in [0.15, 0.2) is 61.1 Å². The summed E-state index contributed by atoms with van der Waals surface area (Å²) in [4.78, 5) is 12.3. The van der Waals surface area contributed by atoms with Gasteiger partial charge < -0.3 is 15.2 Å². The van der Waals surface area contributed by atoms with E-state index in [2.05, 4.69) is 20.3 Å². The zero-order chi connectivity index (χ0) is 15.2. The first-order valence-corrected chi connectivity index (χ1v) is 6.72. The first-order valence-electron chi connectivity index (χ1n) is 6.72. The van der Waals surface area contributed by atoms with Crippen molar-refractivity contribution >= 4 is 11.5 Å². The van der Waals surface area contributed by atoms with Crippen LogP contribution in [-0.2, 0) is 6.61 Å². The number of ether oxygens (including phenoxy) is 1. The van der Waals surface area contributed by atoms with Crippen molar-refractivity contribution in [1.82, 2.24) is 15.0 Å². The van der Waals surface area contributed by atoms with Crippen LogP contribution in [0, 0.1) is 0 Å². The summed E-state index contributed by atoms with van der Waals surface area (Å²) < 4.78 is 5.63. The second kappa shape index (κ2) is 6.64. The highest BCUT2D eigenvalue weighted by Crippen LogP contribution is 2.24. The summed E-state index contributed by atoms with van der Waals surface area (Å²) in [5, 5.41) is 12.4. The molecule has 0 saturated heterocycles. The van der Waals surface area contributed by atoms with Gasteiger partial charge in [-0.25, -0.2) is 9.97 Å². The quantitative estimate of drug-likeness (QED) is 0.753. The molecule has 1 aromatic carbocycles. The molecule has 0 unspecified atom stereocenters. The number of nitrogens with zero attached hydrogens (tertiary/aromatic N) is 3. The summed E-state index contributed by atoms with van der Waals surface area (Å²) in [6.07, 6.45) is 4.76. The van der Waals surface area contributed by atoms with Gasteiger partial charge in [-0.1, -0.05) is 6.07 Å². The number of hydrogen-bond donors (Lipinski definition) is 2. The molecule has 110 valence electrons. The van der Waals surface area contributed by atoms with E-state index in [0.717, 1.165) is 11.5 Å². The van der Waals surface area contributed by atoms with Crippen molar-refractivity contribution < 1.29 is 9.84 Å². The highest BCUT2D eigenvalue weighted by atomic mass is 16.5. The molecule has 0 amide bonds. The Morgan fingerprint density at radius 3 is 2.45 bits per heavy atom. The van der Waals surface area contributed by atoms with Gasteiger partial charge in [0.1, 0.15) is 17.3 Å². The van der Waals surface area contributed by atoms with E-state index in [4.69, 9.17) is 4.74 Å². The molecule has 6 nitrogen and oxygen atoms in total. The molecule has 0 fully saturated rings. The number of pyridine rings is 1. The van der Waals surface area contributed by atoms with Gasteiger partial charge in [0.25, 0.3) is 0 Å². The number of aliphatic hydroxyl groups excluding tert-OH is 1. The lowest BCUT2D eigenvalue weighted by molar-refractivity contribution is 0.269. The number of benzene rings is 1. The average molecular weight is 294 g/mol. The number of anilines is 2. The largest absolute Gasteiger partial charge is 0.437 e. The zero-order valence-corrected chi connectivity index (χ0v) is 11.7. The van der Waals surface area contributed by atoms with Crippen LogP contribution in [0.25, 0.3) is 0 Å². The van der Waals surface area contributed by atoms with Crippen LogP contribution in [0.4, 0.5) is 11.5 Å². The van der Waals surface area contributed by atoms with Gasteiger partial charge in [-0.3, -0.25) is 4.98 Å². The third-order valence-electron chi connectivity index (χ3n) is 2.89. The summed E-state index contributed by atoms with van der Waals surface area (Å²) in [5.74, 6) is 1.69. The molecule has 0 bridgehead atoms. The third-order valence-corrected chi connectivity index (χ3v) is 2.89. The molecule has 3 rings (SSSR count). The molecular formula is C16H14N4O2. The summed E-state index contributed by atoms with van der Waals surface area (Å²) in [7, 11) is 0. The molecule has 3 aromatic rings. The zero-order valence-electron chi connectivity index (χ0n) is 11.7. The number of hydrogen-bond acceptors (Lipinski definition) is 6. The molecule has 0 aliphatic heterocycles. The van der Waals surface area contributed by atoms with E-state index < -0.39 is 0 Å². The molecular weight excluding hydrogens is 280 g/mol. The molecule has 0 aliphatic rings. The SMILES string of the molecule is OCc1nccnc1Oc1ccc(Nc2ccccn2)cc1. The van der Waals surface area contributed by atoms with Crippen molar-refractivity contribution in [2.75, 3.05) is 5.32 Å². The van der Waals surface area contributed by atoms with Crippen molar-refractivity contribution in [2.45, 2.75) is 6.61 Å². The summed E-state index contributed by atoms with van der Waals surface area (Å²) in [5.41, 5.74) is 1.30. The van der Waals surface area contributed by atoms with Crippen LogP contribution in [0.5, 0.6) is 11.6 Å². The monoisotopic (exact) mass is 294 g/mol. The first kappa shape index (κ1) is 14.0. The molecule has 0 aliphatic carbocycles. The molecule has 0 radical (unpaired) electrons. The predicted octanol–water partition coefficient (Wildman–Crippen LogP) is 2.90. The highest BCUT2D eigenvalue weighted by Gasteiger charge is 2.06. The fourth-order valence-corrected chi connectivity index (χ4v) is 1.85. The van der Waals surface area contributed by atoms with Gasteiger partial charge in [-0.15, -0.1) is 0 Å². The second-order valence-corrected chi connectivity index (χ2v) is 4.43. The van der Waals surface area contributed by atoms with Crippen molar-refractivity contribution in [2.24, 2.45) is 0 Å². The van der Waals surface area contributed by atoms with Crippen LogP contribution in [0.1, 0.15) is 5.69 Å². The van der Waals surface area contributed by atoms with Crippen LogP contribution >= 0.6 is 0 Å². The van der Waals surface area contributed by atoms with Crippen molar-refractivity contribution in [3.8, 4) is 11.6 Å². The van der Waals surface area contributed by atoms with Gasteiger partial charge in [0.2, 0.25) is 5.88 Å². The van der Waals surface area contributed by atoms with E-state index in [-0.39, 0.29) is 6.61 Å². The summed E-state index contributed by atoms with van der Waals surface area (Å²) in [6.45, 7) is -0.220.